The Labute approximate surface area is 77.6 Å². The first kappa shape index (κ1) is 12.6. The van der Waals surface area contributed by atoms with Crippen molar-refractivity contribution in [2.75, 3.05) is 6.26 Å². The lowest BCUT2D eigenvalue weighted by molar-refractivity contribution is -0.169. The average Bonchev–Trinajstić information content (AvgIpc) is 1.82. The van der Waals surface area contributed by atoms with Gasteiger partial charge in [0, 0.05) is 4.75 Å². The van der Waals surface area contributed by atoms with Crippen molar-refractivity contribution in [3.8, 4) is 0 Å². The molecule has 1 atom stereocenters. The predicted molar refractivity (Wildman–Crippen MR) is 46.5 cm³/mol. The summed E-state index contributed by atoms with van der Waals surface area (Å²) in [7, 11) is -0.908. The Bertz CT molecular complexity index is 239. The first-order chi connectivity index (χ1) is 5.55. The van der Waals surface area contributed by atoms with Crippen LogP contribution in [0.4, 0.5) is 13.2 Å². The van der Waals surface area contributed by atoms with E-state index in [0.29, 0.717) is 0 Å². The Morgan fingerprint density at radius 3 is 1.85 bits per heavy atom. The lowest BCUT2D eigenvalue weighted by Gasteiger charge is -2.18. The van der Waals surface area contributed by atoms with Crippen LogP contribution >= 0.6 is 0 Å². The van der Waals surface area contributed by atoms with E-state index in [1.54, 1.807) is 20.8 Å². The number of carbonyl (C=O) groups excluding carboxylic acids is 1. The van der Waals surface area contributed by atoms with E-state index in [2.05, 4.69) is 4.36 Å². The van der Waals surface area contributed by atoms with E-state index in [4.69, 9.17) is 0 Å². The van der Waals surface area contributed by atoms with Crippen LogP contribution in [0, 0.1) is 0 Å². The van der Waals surface area contributed by atoms with Crippen LogP contribution in [0.1, 0.15) is 20.8 Å². The maximum Gasteiger partial charge on any atom is 0.474 e. The molecule has 0 aliphatic carbocycles. The highest BCUT2D eigenvalue weighted by Crippen LogP contribution is 2.19. The molecule has 1 unspecified atom stereocenters. The molecule has 0 radical (unpaired) electrons. The lowest BCUT2D eigenvalue weighted by atomic mass is 10.3. The minimum Gasteiger partial charge on any atom is -0.261 e. The summed E-state index contributed by atoms with van der Waals surface area (Å²) < 4.78 is 38.0. The van der Waals surface area contributed by atoms with E-state index in [9.17, 15) is 18.0 Å². The minimum absolute atomic E-state index is 0.402. The summed E-state index contributed by atoms with van der Waals surface area (Å²) in [6, 6.07) is 0. The number of carbonyl (C=O) groups is 1. The molecule has 0 saturated carbocycles. The van der Waals surface area contributed by atoms with Crippen molar-refractivity contribution in [3.63, 3.8) is 0 Å². The van der Waals surface area contributed by atoms with Gasteiger partial charge in [-0.3, -0.25) is 4.79 Å². The van der Waals surface area contributed by atoms with Gasteiger partial charge >= 0.3 is 12.1 Å². The van der Waals surface area contributed by atoms with Crippen LogP contribution in [-0.2, 0) is 15.5 Å². The smallest absolute Gasteiger partial charge is 0.261 e. The number of alkyl halides is 3. The second kappa shape index (κ2) is 3.77. The Morgan fingerprint density at radius 1 is 1.23 bits per heavy atom. The van der Waals surface area contributed by atoms with Crippen molar-refractivity contribution < 1.29 is 18.0 Å². The predicted octanol–water partition coefficient (Wildman–Crippen LogP) is 2.31. The average molecular weight is 215 g/mol. The number of amides is 1. The van der Waals surface area contributed by atoms with Gasteiger partial charge in [0.1, 0.15) is 0 Å². The monoisotopic (exact) mass is 215 g/mol. The zero-order valence-electron chi connectivity index (χ0n) is 7.90. The number of hydrogen-bond acceptors (Lipinski definition) is 1. The van der Waals surface area contributed by atoms with Crippen LogP contribution in [0.15, 0.2) is 4.36 Å². The van der Waals surface area contributed by atoms with E-state index < -0.39 is 27.5 Å². The highest BCUT2D eigenvalue weighted by atomic mass is 32.2. The van der Waals surface area contributed by atoms with Gasteiger partial charge in [-0.15, -0.1) is 0 Å². The molecule has 0 bridgehead atoms. The van der Waals surface area contributed by atoms with Crippen molar-refractivity contribution in [2.45, 2.75) is 31.7 Å². The van der Waals surface area contributed by atoms with Gasteiger partial charge in [-0.2, -0.15) is 17.5 Å². The van der Waals surface area contributed by atoms with Gasteiger partial charge in [-0.05, 0) is 6.26 Å². The molecule has 0 aliphatic rings. The van der Waals surface area contributed by atoms with Crippen LogP contribution in [0.3, 0.4) is 0 Å². The molecule has 6 heteroatoms. The van der Waals surface area contributed by atoms with Crippen molar-refractivity contribution in [3.05, 3.63) is 0 Å². The molecule has 0 saturated heterocycles. The maximum atomic E-state index is 11.8. The fourth-order valence-electron chi connectivity index (χ4n) is 0.313. The molecule has 0 heterocycles. The second-order valence-electron chi connectivity index (χ2n) is 3.48. The normalized spacial score (nSPS) is 15.9. The van der Waals surface area contributed by atoms with Gasteiger partial charge < -0.3 is 0 Å². The van der Waals surface area contributed by atoms with Gasteiger partial charge in [0.2, 0.25) is 0 Å². The van der Waals surface area contributed by atoms with Crippen LogP contribution < -0.4 is 0 Å². The summed E-state index contributed by atoms with van der Waals surface area (Å²) in [5, 5.41) is 0. The molecule has 0 aromatic carbocycles. The molecular formula is C7H12F3NOS. The van der Waals surface area contributed by atoms with Crippen LogP contribution in [0.2, 0.25) is 0 Å². The van der Waals surface area contributed by atoms with Gasteiger partial charge in [-0.1, -0.05) is 31.5 Å². The first-order valence-electron chi connectivity index (χ1n) is 3.54. The molecular weight excluding hydrogens is 203 g/mol. The Hall–Kier alpha value is -0.390. The van der Waals surface area contributed by atoms with E-state index in [1.807, 2.05) is 0 Å². The van der Waals surface area contributed by atoms with E-state index in [-0.39, 0.29) is 0 Å². The standard InChI is InChI=1S/C7H12F3NOS/c1-6(2,3)13(4)11-5(12)7(8,9)10/h1-4H3. The topological polar surface area (TPSA) is 29.4 Å². The van der Waals surface area contributed by atoms with E-state index >= 15 is 0 Å². The zero-order chi connectivity index (χ0) is 10.9. The molecule has 2 nitrogen and oxygen atoms in total. The summed E-state index contributed by atoms with van der Waals surface area (Å²) in [4.78, 5) is 10.4. The molecule has 13 heavy (non-hydrogen) atoms. The first-order valence-corrected chi connectivity index (χ1v) is 5.13. The van der Waals surface area contributed by atoms with Crippen molar-refractivity contribution in [2.24, 2.45) is 4.36 Å². The summed E-state index contributed by atoms with van der Waals surface area (Å²) in [5.41, 5.74) is 0. The second-order valence-corrected chi connectivity index (χ2v) is 5.85. The molecule has 0 aromatic heterocycles. The SMILES string of the molecule is CS(=NC(=O)C(F)(F)F)C(C)(C)C. The maximum absolute atomic E-state index is 11.8. The lowest BCUT2D eigenvalue weighted by Crippen LogP contribution is -2.26. The Morgan fingerprint density at radius 2 is 1.62 bits per heavy atom. The summed E-state index contributed by atoms with van der Waals surface area (Å²) in [5.74, 6) is -1.99. The molecule has 0 spiro atoms. The molecule has 0 N–H and O–H groups in total. The van der Waals surface area contributed by atoms with Gasteiger partial charge in [0.15, 0.2) is 0 Å². The molecule has 0 aliphatic heterocycles. The van der Waals surface area contributed by atoms with Crippen molar-refractivity contribution >= 4 is 16.6 Å². The number of nitrogens with zero attached hydrogens (tertiary/aromatic N) is 1. The van der Waals surface area contributed by atoms with E-state index in [1.165, 1.54) is 6.26 Å². The summed E-state index contributed by atoms with van der Waals surface area (Å²) in [6.45, 7) is 5.22. The zero-order valence-corrected chi connectivity index (χ0v) is 8.71. The summed E-state index contributed by atoms with van der Waals surface area (Å²) >= 11 is 0. The van der Waals surface area contributed by atoms with Crippen LogP contribution in [-0.4, -0.2) is 23.1 Å². The largest absolute Gasteiger partial charge is 0.474 e. The number of halogens is 3. The molecule has 0 aromatic rings. The van der Waals surface area contributed by atoms with Gasteiger partial charge in [0.05, 0.1) is 0 Å². The third-order valence-corrected chi connectivity index (χ3v) is 3.56. The van der Waals surface area contributed by atoms with E-state index in [0.717, 1.165) is 0 Å². The molecule has 0 fully saturated rings. The third kappa shape index (κ3) is 4.40. The minimum atomic E-state index is -4.84. The highest BCUT2D eigenvalue weighted by molar-refractivity contribution is 7.88. The van der Waals surface area contributed by atoms with Gasteiger partial charge in [-0.25, -0.2) is 0 Å². The van der Waals surface area contributed by atoms with Crippen LogP contribution in [0.5, 0.6) is 0 Å². The Balaban J connectivity index is 4.70. The van der Waals surface area contributed by atoms with Crippen molar-refractivity contribution in [1.82, 2.24) is 0 Å². The number of hydrogen-bond donors (Lipinski definition) is 0. The molecule has 1 amide bonds. The summed E-state index contributed by atoms with van der Waals surface area (Å²) in [6.07, 6.45) is -3.32. The third-order valence-electron chi connectivity index (χ3n) is 1.35. The number of rotatable bonds is 0. The van der Waals surface area contributed by atoms with Crippen molar-refractivity contribution in [1.29, 1.82) is 0 Å². The fourth-order valence-corrected chi connectivity index (χ4v) is 0.939. The quantitative estimate of drug-likeness (QED) is 0.609. The fraction of sp³-hybridized carbons (Fsp3) is 0.857. The van der Waals surface area contributed by atoms with Gasteiger partial charge in [0.25, 0.3) is 0 Å². The molecule has 78 valence electrons. The highest BCUT2D eigenvalue weighted by Gasteiger charge is 2.39. The molecule has 0 rings (SSSR count). The Kier molecular flexibility index (Phi) is 3.66. The van der Waals surface area contributed by atoms with Crippen LogP contribution in [0.25, 0.3) is 0 Å².